The van der Waals surface area contributed by atoms with Crippen LogP contribution in [0, 0.1) is 0 Å². The van der Waals surface area contributed by atoms with Crippen LogP contribution in [-0.2, 0) is 17.8 Å². The number of thiophene rings is 1. The maximum Gasteiger partial charge on any atom is 0.325 e. The van der Waals surface area contributed by atoms with E-state index in [2.05, 4.69) is 15.5 Å². The zero-order valence-electron chi connectivity index (χ0n) is 8.62. The van der Waals surface area contributed by atoms with Gasteiger partial charge in [-0.3, -0.25) is 4.79 Å². The lowest BCUT2D eigenvalue weighted by molar-refractivity contribution is -0.137. The van der Waals surface area contributed by atoms with Crippen molar-refractivity contribution in [1.29, 1.82) is 0 Å². The molecular weight excluding hydrogens is 228 g/mol. The molecule has 2 heterocycles. The Bertz CT molecular complexity index is 505. The van der Waals surface area contributed by atoms with Crippen molar-refractivity contribution in [3.05, 3.63) is 17.0 Å². The standard InChI is InChI=1S/C9H10N4O2S/c1-2-6-3-4-16-8(6)9-10-11-12-13(9)5-7(14)15/h3-4H,2,5H2,1H3,(H,14,15). The molecule has 6 nitrogen and oxygen atoms in total. The third-order valence-electron chi connectivity index (χ3n) is 2.15. The third-order valence-corrected chi connectivity index (χ3v) is 3.10. The van der Waals surface area contributed by atoms with Gasteiger partial charge >= 0.3 is 5.97 Å². The van der Waals surface area contributed by atoms with Crippen molar-refractivity contribution in [1.82, 2.24) is 20.2 Å². The maximum absolute atomic E-state index is 10.6. The summed E-state index contributed by atoms with van der Waals surface area (Å²) in [6.45, 7) is 1.82. The Morgan fingerprint density at radius 2 is 2.44 bits per heavy atom. The Balaban J connectivity index is 2.40. The summed E-state index contributed by atoms with van der Waals surface area (Å²) in [5.74, 6) is -0.433. The number of aromatic nitrogens is 4. The smallest absolute Gasteiger partial charge is 0.325 e. The predicted molar refractivity (Wildman–Crippen MR) is 58.1 cm³/mol. The van der Waals surface area contributed by atoms with Gasteiger partial charge in [-0.15, -0.1) is 16.4 Å². The van der Waals surface area contributed by atoms with Crippen LogP contribution in [0.25, 0.3) is 10.7 Å². The summed E-state index contributed by atoms with van der Waals surface area (Å²) < 4.78 is 1.30. The number of tetrazole rings is 1. The fraction of sp³-hybridized carbons (Fsp3) is 0.333. The normalized spacial score (nSPS) is 10.6. The molecule has 2 aromatic heterocycles. The van der Waals surface area contributed by atoms with Crippen LogP contribution in [0.15, 0.2) is 11.4 Å². The summed E-state index contributed by atoms with van der Waals surface area (Å²) in [6, 6.07) is 2.00. The van der Waals surface area contributed by atoms with E-state index in [1.54, 1.807) is 0 Å². The molecule has 0 amide bonds. The SMILES string of the molecule is CCc1ccsc1-c1nnnn1CC(=O)O. The van der Waals surface area contributed by atoms with Gasteiger partial charge in [0.1, 0.15) is 6.54 Å². The summed E-state index contributed by atoms with van der Waals surface area (Å²) in [4.78, 5) is 11.6. The summed E-state index contributed by atoms with van der Waals surface area (Å²) in [6.07, 6.45) is 0.874. The highest BCUT2D eigenvalue weighted by molar-refractivity contribution is 7.13. The van der Waals surface area contributed by atoms with Crippen LogP contribution in [0.2, 0.25) is 0 Å². The second-order valence-corrected chi connectivity index (χ2v) is 4.10. The first-order valence-corrected chi connectivity index (χ1v) is 5.65. The highest BCUT2D eigenvalue weighted by atomic mass is 32.1. The molecule has 0 saturated heterocycles. The quantitative estimate of drug-likeness (QED) is 0.861. The lowest BCUT2D eigenvalue weighted by Gasteiger charge is -2.01. The van der Waals surface area contributed by atoms with Gasteiger partial charge in [0, 0.05) is 0 Å². The molecule has 0 aliphatic heterocycles. The van der Waals surface area contributed by atoms with Crippen LogP contribution in [0.1, 0.15) is 12.5 Å². The lowest BCUT2D eigenvalue weighted by Crippen LogP contribution is -2.11. The lowest BCUT2D eigenvalue weighted by atomic mass is 10.2. The molecular formula is C9H10N4O2S. The third kappa shape index (κ3) is 1.94. The molecule has 2 aromatic rings. The fourth-order valence-corrected chi connectivity index (χ4v) is 2.40. The molecule has 0 spiro atoms. The van der Waals surface area contributed by atoms with E-state index < -0.39 is 5.97 Å². The van der Waals surface area contributed by atoms with E-state index in [0.29, 0.717) is 5.82 Å². The monoisotopic (exact) mass is 238 g/mol. The van der Waals surface area contributed by atoms with Crippen LogP contribution in [-0.4, -0.2) is 31.3 Å². The van der Waals surface area contributed by atoms with E-state index in [1.807, 2.05) is 18.4 Å². The molecule has 0 atom stereocenters. The van der Waals surface area contributed by atoms with Crippen LogP contribution in [0.3, 0.4) is 0 Å². The Labute approximate surface area is 95.5 Å². The fourth-order valence-electron chi connectivity index (χ4n) is 1.41. The molecule has 0 aromatic carbocycles. The van der Waals surface area contributed by atoms with Crippen molar-refractivity contribution in [3.8, 4) is 10.7 Å². The van der Waals surface area contributed by atoms with Gasteiger partial charge in [-0.25, -0.2) is 4.68 Å². The highest BCUT2D eigenvalue weighted by Gasteiger charge is 2.15. The number of carboxylic acids is 1. The van der Waals surface area contributed by atoms with Crippen molar-refractivity contribution < 1.29 is 9.90 Å². The van der Waals surface area contributed by atoms with Crippen molar-refractivity contribution in [2.24, 2.45) is 0 Å². The van der Waals surface area contributed by atoms with Gasteiger partial charge in [-0.2, -0.15) is 0 Å². The molecule has 0 unspecified atom stereocenters. The summed E-state index contributed by atoms with van der Waals surface area (Å²) in [5, 5.41) is 21.7. The minimum absolute atomic E-state index is 0.219. The van der Waals surface area contributed by atoms with Crippen molar-refractivity contribution >= 4 is 17.3 Å². The number of aliphatic carboxylic acids is 1. The molecule has 7 heteroatoms. The maximum atomic E-state index is 10.6. The molecule has 0 saturated carbocycles. The average molecular weight is 238 g/mol. The van der Waals surface area contributed by atoms with E-state index in [1.165, 1.54) is 16.0 Å². The van der Waals surface area contributed by atoms with Gasteiger partial charge in [0.15, 0.2) is 5.82 Å². The molecule has 0 aliphatic rings. The summed E-state index contributed by atoms with van der Waals surface area (Å²) >= 11 is 1.52. The van der Waals surface area contributed by atoms with Gasteiger partial charge in [-0.1, -0.05) is 6.92 Å². The molecule has 0 radical (unpaired) electrons. The predicted octanol–water partition coefficient (Wildman–Crippen LogP) is 1.05. The van der Waals surface area contributed by atoms with E-state index in [4.69, 9.17) is 5.11 Å². The van der Waals surface area contributed by atoms with E-state index in [9.17, 15) is 4.79 Å². The van der Waals surface area contributed by atoms with E-state index >= 15 is 0 Å². The summed E-state index contributed by atoms with van der Waals surface area (Å²) in [7, 11) is 0. The number of rotatable bonds is 4. The van der Waals surface area contributed by atoms with Crippen molar-refractivity contribution in [2.75, 3.05) is 0 Å². The van der Waals surface area contributed by atoms with Gasteiger partial charge in [0.25, 0.3) is 0 Å². The first kappa shape index (κ1) is 10.7. The zero-order valence-corrected chi connectivity index (χ0v) is 9.44. The number of hydrogen-bond acceptors (Lipinski definition) is 5. The molecule has 84 valence electrons. The highest BCUT2D eigenvalue weighted by Crippen LogP contribution is 2.27. The Morgan fingerprint density at radius 3 is 3.12 bits per heavy atom. The van der Waals surface area contributed by atoms with Gasteiger partial charge < -0.3 is 5.11 Å². The second kappa shape index (κ2) is 4.40. The second-order valence-electron chi connectivity index (χ2n) is 3.18. The van der Waals surface area contributed by atoms with E-state index in [0.717, 1.165) is 16.9 Å². The van der Waals surface area contributed by atoms with Gasteiger partial charge in [0.05, 0.1) is 4.88 Å². The number of nitrogens with zero attached hydrogens (tertiary/aromatic N) is 4. The molecule has 1 N–H and O–H groups in total. The molecule has 2 rings (SSSR count). The summed E-state index contributed by atoms with van der Waals surface area (Å²) in [5.41, 5.74) is 1.13. The molecule has 16 heavy (non-hydrogen) atoms. The van der Waals surface area contributed by atoms with E-state index in [-0.39, 0.29) is 6.54 Å². The van der Waals surface area contributed by atoms with Crippen LogP contribution >= 0.6 is 11.3 Å². The van der Waals surface area contributed by atoms with Gasteiger partial charge in [-0.05, 0) is 33.9 Å². The molecule has 0 aliphatic carbocycles. The Hall–Kier alpha value is -1.76. The molecule has 0 bridgehead atoms. The van der Waals surface area contributed by atoms with Crippen LogP contribution in [0.4, 0.5) is 0 Å². The Kier molecular flexibility index (Phi) is 2.95. The van der Waals surface area contributed by atoms with Crippen molar-refractivity contribution in [3.63, 3.8) is 0 Å². The first-order valence-electron chi connectivity index (χ1n) is 4.77. The van der Waals surface area contributed by atoms with Crippen molar-refractivity contribution in [2.45, 2.75) is 19.9 Å². The number of carboxylic acid groups (broad SMARTS) is 1. The topological polar surface area (TPSA) is 80.9 Å². The number of hydrogen-bond donors (Lipinski definition) is 1. The average Bonchev–Trinajstić information content (AvgIpc) is 2.83. The Morgan fingerprint density at radius 1 is 1.62 bits per heavy atom. The zero-order chi connectivity index (χ0) is 11.5. The minimum Gasteiger partial charge on any atom is -0.480 e. The molecule has 0 fully saturated rings. The van der Waals surface area contributed by atoms with Crippen LogP contribution < -0.4 is 0 Å². The van der Waals surface area contributed by atoms with Gasteiger partial charge in [0.2, 0.25) is 0 Å². The largest absolute Gasteiger partial charge is 0.480 e. The number of carbonyl (C=O) groups is 1. The first-order chi connectivity index (χ1) is 7.72. The number of aryl methyl sites for hydroxylation is 1. The van der Waals surface area contributed by atoms with Crippen LogP contribution in [0.5, 0.6) is 0 Å². The minimum atomic E-state index is -0.955.